The molecular weight excluding hydrogens is 244 g/mol. The quantitative estimate of drug-likeness (QED) is 0.774. The molecule has 0 bridgehead atoms. The summed E-state index contributed by atoms with van der Waals surface area (Å²) in [4.78, 5) is 0. The molecule has 0 radical (unpaired) electrons. The van der Waals surface area contributed by atoms with E-state index < -0.39 is 0 Å². The first-order valence-electron chi connectivity index (χ1n) is 9.18. The number of rotatable bonds is 6. The Hall–Kier alpha value is -0.0800. The maximum Gasteiger partial charge on any atom is -0.00341 e. The lowest BCUT2D eigenvalue weighted by Crippen LogP contribution is -2.34. The van der Waals surface area contributed by atoms with Crippen molar-refractivity contribution in [3.63, 3.8) is 0 Å². The molecule has 4 N–H and O–H groups in total. The zero-order valence-electron chi connectivity index (χ0n) is 13.5. The smallest absolute Gasteiger partial charge is 0.00341 e. The summed E-state index contributed by atoms with van der Waals surface area (Å²) in [6, 6.07) is 0. The summed E-state index contributed by atoms with van der Waals surface area (Å²) in [6.45, 7) is 3.90. The number of hydrogen-bond acceptors (Lipinski definition) is 2. The summed E-state index contributed by atoms with van der Waals surface area (Å²) in [5.41, 5.74) is 11.7. The summed E-state index contributed by atoms with van der Waals surface area (Å²) in [5.74, 6) is 4.50. The molecular formula is C18H36N2. The minimum Gasteiger partial charge on any atom is -0.330 e. The molecule has 0 aromatic rings. The zero-order chi connectivity index (χ0) is 14.4. The minimum absolute atomic E-state index is 0.580. The van der Waals surface area contributed by atoms with E-state index in [-0.39, 0.29) is 0 Å². The van der Waals surface area contributed by atoms with Crippen LogP contribution in [0.15, 0.2) is 0 Å². The van der Waals surface area contributed by atoms with Crippen molar-refractivity contribution >= 4 is 0 Å². The van der Waals surface area contributed by atoms with Gasteiger partial charge in [0.25, 0.3) is 0 Å². The van der Waals surface area contributed by atoms with E-state index in [0.29, 0.717) is 5.92 Å². The Morgan fingerprint density at radius 3 is 1.75 bits per heavy atom. The van der Waals surface area contributed by atoms with Gasteiger partial charge < -0.3 is 11.5 Å². The second-order valence-corrected chi connectivity index (χ2v) is 7.48. The van der Waals surface area contributed by atoms with Crippen molar-refractivity contribution in [3.05, 3.63) is 0 Å². The van der Waals surface area contributed by atoms with Crippen LogP contribution in [0.2, 0.25) is 0 Å². The average Bonchev–Trinajstić information content (AvgIpc) is 2.50. The van der Waals surface area contributed by atoms with Crippen molar-refractivity contribution in [2.75, 3.05) is 13.1 Å². The van der Waals surface area contributed by atoms with Gasteiger partial charge in [-0.3, -0.25) is 0 Å². The van der Waals surface area contributed by atoms with Crippen LogP contribution in [0.1, 0.15) is 71.1 Å². The molecule has 2 saturated carbocycles. The lowest BCUT2D eigenvalue weighted by molar-refractivity contribution is 0.126. The summed E-state index contributed by atoms with van der Waals surface area (Å²) >= 11 is 0. The molecule has 2 rings (SSSR count). The lowest BCUT2D eigenvalue weighted by Gasteiger charge is -2.39. The summed E-state index contributed by atoms with van der Waals surface area (Å²) in [7, 11) is 0. The van der Waals surface area contributed by atoms with Crippen LogP contribution in [0.25, 0.3) is 0 Å². The maximum atomic E-state index is 5.86. The van der Waals surface area contributed by atoms with Crippen molar-refractivity contribution in [3.8, 4) is 0 Å². The molecule has 0 heterocycles. The highest BCUT2D eigenvalue weighted by Crippen LogP contribution is 2.43. The third-order valence-corrected chi connectivity index (χ3v) is 6.34. The minimum atomic E-state index is 0.580. The fourth-order valence-electron chi connectivity index (χ4n) is 4.93. The Kier molecular flexibility index (Phi) is 6.83. The van der Waals surface area contributed by atoms with Gasteiger partial charge in [0.1, 0.15) is 0 Å². The van der Waals surface area contributed by atoms with E-state index in [1.54, 1.807) is 0 Å². The van der Waals surface area contributed by atoms with Gasteiger partial charge in [-0.25, -0.2) is 0 Å². The summed E-state index contributed by atoms with van der Waals surface area (Å²) in [6.07, 6.45) is 14.5. The van der Waals surface area contributed by atoms with E-state index in [1.807, 2.05) is 0 Å². The summed E-state index contributed by atoms with van der Waals surface area (Å²) < 4.78 is 0. The molecule has 118 valence electrons. The van der Waals surface area contributed by atoms with Crippen LogP contribution in [-0.4, -0.2) is 13.1 Å². The van der Waals surface area contributed by atoms with Crippen LogP contribution in [0.3, 0.4) is 0 Å². The Morgan fingerprint density at radius 2 is 1.30 bits per heavy atom. The fraction of sp³-hybridized carbons (Fsp3) is 1.00. The first kappa shape index (κ1) is 16.3. The second-order valence-electron chi connectivity index (χ2n) is 7.48. The van der Waals surface area contributed by atoms with Gasteiger partial charge in [-0.15, -0.1) is 0 Å². The molecule has 2 heteroatoms. The van der Waals surface area contributed by atoms with E-state index in [2.05, 4.69) is 6.92 Å². The van der Waals surface area contributed by atoms with Gasteiger partial charge in [-0.1, -0.05) is 32.6 Å². The SMILES string of the molecule is CCCC1CCC(C2CCC(C(CN)CN)CC2)CC1. The highest BCUT2D eigenvalue weighted by molar-refractivity contribution is 4.84. The Bertz CT molecular complexity index is 246. The normalized spacial score (nSPS) is 35.4. The largest absolute Gasteiger partial charge is 0.330 e. The van der Waals surface area contributed by atoms with E-state index >= 15 is 0 Å². The summed E-state index contributed by atoms with van der Waals surface area (Å²) in [5, 5.41) is 0. The first-order valence-corrected chi connectivity index (χ1v) is 9.18. The van der Waals surface area contributed by atoms with E-state index in [1.165, 1.54) is 64.2 Å². The molecule has 2 aliphatic rings. The molecule has 0 aromatic carbocycles. The van der Waals surface area contributed by atoms with Crippen molar-refractivity contribution < 1.29 is 0 Å². The molecule has 0 unspecified atom stereocenters. The molecule has 2 nitrogen and oxygen atoms in total. The molecule has 0 aliphatic heterocycles. The van der Waals surface area contributed by atoms with Gasteiger partial charge >= 0.3 is 0 Å². The van der Waals surface area contributed by atoms with Crippen LogP contribution >= 0.6 is 0 Å². The molecule has 0 spiro atoms. The van der Waals surface area contributed by atoms with Crippen LogP contribution < -0.4 is 11.5 Å². The molecule has 2 aliphatic carbocycles. The molecule has 20 heavy (non-hydrogen) atoms. The van der Waals surface area contributed by atoms with Gasteiger partial charge in [-0.2, -0.15) is 0 Å². The maximum absolute atomic E-state index is 5.86. The third kappa shape index (κ3) is 4.21. The number of nitrogens with two attached hydrogens (primary N) is 2. The van der Waals surface area contributed by atoms with Gasteiger partial charge in [0.2, 0.25) is 0 Å². The average molecular weight is 280 g/mol. The highest BCUT2D eigenvalue weighted by atomic mass is 14.6. The van der Waals surface area contributed by atoms with Gasteiger partial charge in [-0.05, 0) is 81.2 Å². The lowest BCUT2D eigenvalue weighted by atomic mass is 9.67. The van der Waals surface area contributed by atoms with Crippen LogP contribution in [-0.2, 0) is 0 Å². The monoisotopic (exact) mass is 280 g/mol. The van der Waals surface area contributed by atoms with Gasteiger partial charge in [0.05, 0.1) is 0 Å². The third-order valence-electron chi connectivity index (χ3n) is 6.34. The Balaban J connectivity index is 1.72. The highest BCUT2D eigenvalue weighted by Gasteiger charge is 2.32. The van der Waals surface area contributed by atoms with Crippen molar-refractivity contribution in [1.29, 1.82) is 0 Å². The van der Waals surface area contributed by atoms with E-state index in [9.17, 15) is 0 Å². The topological polar surface area (TPSA) is 52.0 Å². The Morgan fingerprint density at radius 1 is 0.800 bits per heavy atom. The van der Waals surface area contributed by atoms with Gasteiger partial charge in [0, 0.05) is 0 Å². The first-order chi connectivity index (χ1) is 9.78. The number of hydrogen-bond donors (Lipinski definition) is 2. The Labute approximate surface area is 126 Å². The van der Waals surface area contributed by atoms with Crippen LogP contribution in [0.4, 0.5) is 0 Å². The van der Waals surface area contributed by atoms with E-state index in [0.717, 1.165) is 36.8 Å². The fourth-order valence-corrected chi connectivity index (χ4v) is 4.93. The van der Waals surface area contributed by atoms with Gasteiger partial charge in [0.15, 0.2) is 0 Å². The standard InChI is InChI=1S/C18H36N2/c1-2-3-14-4-6-15(7-5-14)16-8-10-17(11-9-16)18(12-19)13-20/h14-18H,2-13,19-20H2,1H3. The van der Waals surface area contributed by atoms with Crippen LogP contribution in [0.5, 0.6) is 0 Å². The van der Waals surface area contributed by atoms with Crippen molar-refractivity contribution in [2.45, 2.75) is 71.1 Å². The predicted octanol–water partition coefficient (Wildman–Crippen LogP) is 3.93. The molecule has 0 aromatic heterocycles. The van der Waals surface area contributed by atoms with Crippen molar-refractivity contribution in [1.82, 2.24) is 0 Å². The molecule has 0 saturated heterocycles. The molecule has 0 atom stereocenters. The van der Waals surface area contributed by atoms with E-state index in [4.69, 9.17) is 11.5 Å². The molecule has 0 amide bonds. The van der Waals surface area contributed by atoms with Crippen molar-refractivity contribution in [2.24, 2.45) is 41.1 Å². The zero-order valence-corrected chi connectivity index (χ0v) is 13.5. The van der Waals surface area contributed by atoms with Crippen LogP contribution in [0, 0.1) is 29.6 Å². The predicted molar refractivity (Wildman–Crippen MR) is 87.4 cm³/mol. The second kappa shape index (κ2) is 8.38. The molecule has 2 fully saturated rings.